The van der Waals surface area contributed by atoms with Gasteiger partial charge in [-0.05, 0) is 31.9 Å². The third kappa shape index (κ3) is 2.66. The minimum Gasteiger partial charge on any atom is -0.393 e. The molecule has 3 rings (SSSR count). The SMILES string of the molecule is Cc1nn(-c2ccccc2)c(N2CCC(O)CC2)c1CN. The topological polar surface area (TPSA) is 67.3 Å². The number of hydrogen-bond acceptors (Lipinski definition) is 4. The number of anilines is 1. The molecule has 2 aromatic rings. The average molecular weight is 286 g/mol. The van der Waals surface area contributed by atoms with Crippen molar-refractivity contribution in [1.29, 1.82) is 0 Å². The Hall–Kier alpha value is -1.85. The lowest BCUT2D eigenvalue weighted by atomic mass is 10.1. The minimum atomic E-state index is -0.184. The van der Waals surface area contributed by atoms with Gasteiger partial charge in [-0.15, -0.1) is 0 Å². The first-order chi connectivity index (χ1) is 10.2. The van der Waals surface area contributed by atoms with Crippen molar-refractivity contribution < 1.29 is 5.11 Å². The summed E-state index contributed by atoms with van der Waals surface area (Å²) in [6.45, 7) is 4.16. The first-order valence-electron chi connectivity index (χ1n) is 7.47. The predicted molar refractivity (Wildman–Crippen MR) is 83.6 cm³/mol. The molecule has 0 spiro atoms. The van der Waals surface area contributed by atoms with Gasteiger partial charge >= 0.3 is 0 Å². The van der Waals surface area contributed by atoms with E-state index in [-0.39, 0.29) is 6.10 Å². The number of aliphatic hydroxyl groups excluding tert-OH is 1. The summed E-state index contributed by atoms with van der Waals surface area (Å²) in [5.41, 5.74) is 9.06. The van der Waals surface area contributed by atoms with Crippen molar-refractivity contribution >= 4 is 5.82 Å². The van der Waals surface area contributed by atoms with E-state index in [4.69, 9.17) is 5.73 Å². The highest BCUT2D eigenvalue weighted by Gasteiger charge is 2.24. The van der Waals surface area contributed by atoms with E-state index in [2.05, 4.69) is 22.1 Å². The molecule has 1 fully saturated rings. The fourth-order valence-electron chi connectivity index (χ4n) is 2.94. The van der Waals surface area contributed by atoms with Crippen molar-refractivity contribution in [1.82, 2.24) is 9.78 Å². The first kappa shape index (κ1) is 14.1. The van der Waals surface area contributed by atoms with Gasteiger partial charge in [0.05, 0.1) is 17.5 Å². The second kappa shape index (κ2) is 5.87. The standard InChI is InChI=1S/C16H22N4O/c1-12-15(11-17)16(19-9-7-14(21)8-10-19)20(18-12)13-5-3-2-4-6-13/h2-6,14,21H,7-11,17H2,1H3. The van der Waals surface area contributed by atoms with Crippen LogP contribution >= 0.6 is 0 Å². The molecule has 0 saturated carbocycles. The highest BCUT2D eigenvalue weighted by molar-refractivity contribution is 5.55. The van der Waals surface area contributed by atoms with E-state index in [1.165, 1.54) is 0 Å². The van der Waals surface area contributed by atoms with Crippen LogP contribution in [0.1, 0.15) is 24.1 Å². The van der Waals surface area contributed by atoms with Crippen LogP contribution in [0.3, 0.4) is 0 Å². The molecule has 0 unspecified atom stereocenters. The van der Waals surface area contributed by atoms with Crippen molar-refractivity contribution in [2.24, 2.45) is 5.73 Å². The Morgan fingerprint density at radius 2 is 1.90 bits per heavy atom. The number of para-hydroxylation sites is 1. The first-order valence-corrected chi connectivity index (χ1v) is 7.47. The molecule has 1 aliphatic rings. The van der Waals surface area contributed by atoms with Gasteiger partial charge in [0.1, 0.15) is 5.82 Å². The number of rotatable bonds is 3. The van der Waals surface area contributed by atoms with Gasteiger partial charge in [-0.2, -0.15) is 5.10 Å². The van der Waals surface area contributed by atoms with Crippen LogP contribution in [0.25, 0.3) is 5.69 Å². The van der Waals surface area contributed by atoms with Gasteiger partial charge in [-0.25, -0.2) is 4.68 Å². The molecular weight excluding hydrogens is 264 g/mol. The molecule has 5 heteroatoms. The fourth-order valence-corrected chi connectivity index (χ4v) is 2.94. The van der Waals surface area contributed by atoms with E-state index in [1.807, 2.05) is 29.8 Å². The maximum Gasteiger partial charge on any atom is 0.137 e. The summed E-state index contributed by atoms with van der Waals surface area (Å²) in [7, 11) is 0. The van der Waals surface area contributed by atoms with Crippen LogP contribution in [-0.2, 0) is 6.54 Å². The Morgan fingerprint density at radius 3 is 2.52 bits per heavy atom. The van der Waals surface area contributed by atoms with Gasteiger partial charge in [-0.1, -0.05) is 18.2 Å². The van der Waals surface area contributed by atoms with Crippen LogP contribution in [0.2, 0.25) is 0 Å². The highest BCUT2D eigenvalue weighted by atomic mass is 16.3. The molecule has 1 aliphatic heterocycles. The third-order valence-corrected chi connectivity index (χ3v) is 4.13. The zero-order valence-corrected chi connectivity index (χ0v) is 12.4. The molecule has 0 atom stereocenters. The van der Waals surface area contributed by atoms with Crippen molar-refractivity contribution in [2.45, 2.75) is 32.4 Å². The van der Waals surface area contributed by atoms with E-state index in [0.717, 1.165) is 48.7 Å². The van der Waals surface area contributed by atoms with E-state index in [0.29, 0.717) is 6.54 Å². The second-order valence-corrected chi connectivity index (χ2v) is 5.56. The Balaban J connectivity index is 2.05. The number of piperidine rings is 1. The lowest BCUT2D eigenvalue weighted by Crippen LogP contribution is -2.37. The largest absolute Gasteiger partial charge is 0.393 e. The maximum atomic E-state index is 9.72. The summed E-state index contributed by atoms with van der Waals surface area (Å²) in [5.74, 6) is 1.08. The summed E-state index contributed by atoms with van der Waals surface area (Å²) in [4.78, 5) is 2.29. The van der Waals surface area contributed by atoms with Gasteiger partial charge in [-0.3, -0.25) is 0 Å². The molecule has 112 valence electrons. The maximum absolute atomic E-state index is 9.72. The number of nitrogens with zero attached hydrogens (tertiary/aromatic N) is 3. The predicted octanol–water partition coefficient (Wildman–Crippen LogP) is 1.60. The van der Waals surface area contributed by atoms with Crippen molar-refractivity contribution in [2.75, 3.05) is 18.0 Å². The summed E-state index contributed by atoms with van der Waals surface area (Å²) in [6.07, 6.45) is 1.41. The molecular formula is C16H22N4O. The molecule has 0 amide bonds. The van der Waals surface area contributed by atoms with Crippen LogP contribution < -0.4 is 10.6 Å². The summed E-state index contributed by atoms with van der Waals surface area (Å²) in [6, 6.07) is 10.1. The summed E-state index contributed by atoms with van der Waals surface area (Å²) < 4.78 is 1.98. The monoisotopic (exact) mass is 286 g/mol. The fraction of sp³-hybridized carbons (Fsp3) is 0.438. The molecule has 1 aromatic carbocycles. The molecule has 0 aliphatic carbocycles. The van der Waals surface area contributed by atoms with E-state index >= 15 is 0 Å². The number of nitrogens with two attached hydrogens (primary N) is 1. The molecule has 21 heavy (non-hydrogen) atoms. The molecule has 0 bridgehead atoms. The smallest absolute Gasteiger partial charge is 0.137 e. The quantitative estimate of drug-likeness (QED) is 0.899. The number of hydrogen-bond donors (Lipinski definition) is 2. The highest BCUT2D eigenvalue weighted by Crippen LogP contribution is 2.29. The van der Waals surface area contributed by atoms with E-state index < -0.39 is 0 Å². The minimum absolute atomic E-state index is 0.184. The lowest BCUT2D eigenvalue weighted by Gasteiger charge is -2.32. The summed E-state index contributed by atoms with van der Waals surface area (Å²) in [5, 5.41) is 14.4. The van der Waals surface area contributed by atoms with Crippen LogP contribution in [-0.4, -0.2) is 34.1 Å². The van der Waals surface area contributed by atoms with Crippen LogP contribution in [0, 0.1) is 6.92 Å². The zero-order valence-electron chi connectivity index (χ0n) is 12.4. The van der Waals surface area contributed by atoms with Gasteiger partial charge in [0, 0.05) is 25.2 Å². The van der Waals surface area contributed by atoms with E-state index in [1.54, 1.807) is 0 Å². The van der Waals surface area contributed by atoms with Crippen molar-refractivity contribution in [3.8, 4) is 5.69 Å². The number of benzene rings is 1. The Bertz CT molecular complexity index is 600. The zero-order chi connectivity index (χ0) is 14.8. The van der Waals surface area contributed by atoms with Gasteiger partial charge in [0.15, 0.2) is 0 Å². The van der Waals surface area contributed by atoms with Gasteiger partial charge in [0.25, 0.3) is 0 Å². The molecule has 5 nitrogen and oxygen atoms in total. The number of aryl methyl sites for hydroxylation is 1. The Labute approximate surface area is 125 Å². The van der Waals surface area contributed by atoms with E-state index in [9.17, 15) is 5.11 Å². The van der Waals surface area contributed by atoms with Gasteiger partial charge < -0.3 is 15.7 Å². The second-order valence-electron chi connectivity index (χ2n) is 5.56. The van der Waals surface area contributed by atoms with Gasteiger partial charge in [0.2, 0.25) is 0 Å². The molecule has 0 radical (unpaired) electrons. The Morgan fingerprint density at radius 1 is 1.24 bits per heavy atom. The van der Waals surface area contributed by atoms with Crippen LogP contribution in [0.15, 0.2) is 30.3 Å². The normalized spacial score (nSPS) is 16.4. The Kier molecular flexibility index (Phi) is 3.94. The van der Waals surface area contributed by atoms with Crippen LogP contribution in [0.4, 0.5) is 5.82 Å². The van der Waals surface area contributed by atoms with Crippen LogP contribution in [0.5, 0.6) is 0 Å². The summed E-state index contributed by atoms with van der Waals surface area (Å²) >= 11 is 0. The average Bonchev–Trinajstić information content (AvgIpc) is 2.85. The van der Waals surface area contributed by atoms with Crippen molar-refractivity contribution in [3.05, 3.63) is 41.6 Å². The molecule has 3 N–H and O–H groups in total. The molecule has 1 aromatic heterocycles. The third-order valence-electron chi connectivity index (χ3n) is 4.13. The number of aromatic nitrogens is 2. The molecule has 1 saturated heterocycles. The molecule has 2 heterocycles. The number of aliphatic hydroxyl groups is 1. The lowest BCUT2D eigenvalue weighted by molar-refractivity contribution is 0.145. The van der Waals surface area contributed by atoms with Crippen molar-refractivity contribution in [3.63, 3.8) is 0 Å².